The van der Waals surface area contributed by atoms with Gasteiger partial charge in [-0.15, -0.1) is 0 Å². The average molecular weight is 459 g/mol. The summed E-state index contributed by atoms with van der Waals surface area (Å²) >= 11 is 6.22. The Balaban J connectivity index is 1.86. The van der Waals surface area contributed by atoms with Crippen molar-refractivity contribution in [3.8, 4) is 5.75 Å². The van der Waals surface area contributed by atoms with Gasteiger partial charge in [-0.1, -0.05) is 48.0 Å². The maximum absolute atomic E-state index is 13.4. The molecule has 1 amide bonds. The van der Waals surface area contributed by atoms with Gasteiger partial charge in [0.05, 0.1) is 17.7 Å². The molecule has 0 bridgehead atoms. The summed E-state index contributed by atoms with van der Waals surface area (Å²) in [4.78, 5) is 12.8. The Labute approximate surface area is 187 Å². The third-order valence-electron chi connectivity index (χ3n) is 4.77. The number of hydrogen-bond donors (Lipinski definition) is 1. The quantitative estimate of drug-likeness (QED) is 0.549. The van der Waals surface area contributed by atoms with Gasteiger partial charge in [-0.3, -0.25) is 9.10 Å². The number of nitrogens with zero attached hydrogens (tertiary/aromatic N) is 1. The van der Waals surface area contributed by atoms with E-state index in [1.165, 1.54) is 12.1 Å². The van der Waals surface area contributed by atoms with E-state index in [-0.39, 0.29) is 18.0 Å². The number of benzene rings is 3. The van der Waals surface area contributed by atoms with Crippen LogP contribution < -0.4 is 14.4 Å². The molecule has 0 spiro atoms. The fourth-order valence-corrected chi connectivity index (χ4v) is 4.69. The molecule has 31 heavy (non-hydrogen) atoms. The number of hydrogen-bond acceptors (Lipinski definition) is 4. The van der Waals surface area contributed by atoms with Crippen LogP contribution in [0, 0.1) is 6.92 Å². The molecule has 8 heteroatoms. The molecule has 0 unspecified atom stereocenters. The summed E-state index contributed by atoms with van der Waals surface area (Å²) in [7, 11) is -2.40. The lowest BCUT2D eigenvalue weighted by Crippen LogP contribution is -2.41. The van der Waals surface area contributed by atoms with E-state index in [0.717, 1.165) is 9.87 Å². The van der Waals surface area contributed by atoms with Crippen molar-refractivity contribution in [2.45, 2.75) is 18.4 Å². The number of nitrogens with one attached hydrogen (secondary N) is 1. The van der Waals surface area contributed by atoms with Gasteiger partial charge in [0.15, 0.2) is 0 Å². The van der Waals surface area contributed by atoms with Crippen LogP contribution in [0.5, 0.6) is 5.75 Å². The lowest BCUT2D eigenvalue weighted by Gasteiger charge is -2.26. The third kappa shape index (κ3) is 5.37. The molecule has 162 valence electrons. The normalized spacial score (nSPS) is 11.1. The predicted molar refractivity (Wildman–Crippen MR) is 122 cm³/mol. The second kappa shape index (κ2) is 9.85. The number of carbonyl (C=O) groups excluding carboxylic acids is 1. The van der Waals surface area contributed by atoms with Gasteiger partial charge in [-0.25, -0.2) is 8.42 Å². The highest BCUT2D eigenvalue weighted by Crippen LogP contribution is 2.30. The maximum atomic E-state index is 13.4. The van der Waals surface area contributed by atoms with E-state index in [9.17, 15) is 13.2 Å². The van der Waals surface area contributed by atoms with Crippen molar-refractivity contribution in [3.63, 3.8) is 0 Å². The zero-order chi connectivity index (χ0) is 22.4. The Morgan fingerprint density at radius 1 is 1.00 bits per heavy atom. The van der Waals surface area contributed by atoms with E-state index in [1.807, 2.05) is 12.1 Å². The van der Waals surface area contributed by atoms with Crippen LogP contribution in [-0.2, 0) is 21.4 Å². The van der Waals surface area contributed by atoms with Gasteiger partial charge in [0.2, 0.25) is 5.91 Å². The zero-order valence-corrected chi connectivity index (χ0v) is 18.8. The van der Waals surface area contributed by atoms with Gasteiger partial charge in [0.25, 0.3) is 10.0 Å². The van der Waals surface area contributed by atoms with Crippen molar-refractivity contribution in [2.24, 2.45) is 0 Å². The first-order chi connectivity index (χ1) is 14.8. The van der Waals surface area contributed by atoms with Gasteiger partial charge >= 0.3 is 0 Å². The lowest BCUT2D eigenvalue weighted by molar-refractivity contribution is -0.119. The van der Waals surface area contributed by atoms with Crippen molar-refractivity contribution >= 4 is 33.2 Å². The molecule has 0 saturated carbocycles. The molecule has 0 radical (unpaired) electrons. The molecule has 0 atom stereocenters. The van der Waals surface area contributed by atoms with Gasteiger partial charge < -0.3 is 10.1 Å². The van der Waals surface area contributed by atoms with Gasteiger partial charge in [-0.05, 0) is 54.4 Å². The lowest BCUT2D eigenvalue weighted by atomic mass is 10.2. The van der Waals surface area contributed by atoms with Crippen LogP contribution in [-0.4, -0.2) is 28.0 Å². The van der Waals surface area contributed by atoms with Crippen molar-refractivity contribution in [2.75, 3.05) is 18.0 Å². The summed E-state index contributed by atoms with van der Waals surface area (Å²) in [6.07, 6.45) is 0. The van der Waals surface area contributed by atoms with E-state index in [2.05, 4.69) is 5.32 Å². The van der Waals surface area contributed by atoms with Crippen LogP contribution in [0.25, 0.3) is 0 Å². The van der Waals surface area contributed by atoms with E-state index >= 15 is 0 Å². The molecule has 0 saturated heterocycles. The summed E-state index contributed by atoms with van der Waals surface area (Å²) in [6, 6.07) is 20.2. The number of rotatable bonds is 8. The highest BCUT2D eigenvalue weighted by Gasteiger charge is 2.28. The topological polar surface area (TPSA) is 75.7 Å². The minimum Gasteiger partial charge on any atom is -0.497 e. The van der Waals surface area contributed by atoms with Gasteiger partial charge in [-0.2, -0.15) is 0 Å². The summed E-state index contributed by atoms with van der Waals surface area (Å²) < 4.78 is 32.9. The van der Waals surface area contributed by atoms with E-state index in [0.29, 0.717) is 22.0 Å². The van der Waals surface area contributed by atoms with E-state index in [4.69, 9.17) is 16.3 Å². The monoisotopic (exact) mass is 458 g/mol. The Morgan fingerprint density at radius 3 is 2.32 bits per heavy atom. The van der Waals surface area contributed by atoms with Crippen molar-refractivity contribution < 1.29 is 17.9 Å². The smallest absolute Gasteiger partial charge is 0.264 e. The summed E-state index contributed by atoms with van der Waals surface area (Å²) in [6.45, 7) is 1.60. The molecule has 0 aliphatic rings. The fourth-order valence-electron chi connectivity index (χ4n) is 3.02. The largest absolute Gasteiger partial charge is 0.497 e. The van der Waals surface area contributed by atoms with Crippen molar-refractivity contribution in [1.82, 2.24) is 5.32 Å². The molecule has 0 aromatic heterocycles. The highest BCUT2D eigenvalue weighted by molar-refractivity contribution is 7.92. The Morgan fingerprint density at radius 2 is 1.68 bits per heavy atom. The number of methoxy groups -OCH3 is 1. The Bertz CT molecular complexity index is 1150. The average Bonchev–Trinajstić information content (AvgIpc) is 2.79. The molecule has 1 N–H and O–H groups in total. The molecule has 0 heterocycles. The second-order valence-electron chi connectivity index (χ2n) is 6.83. The van der Waals surface area contributed by atoms with Crippen LogP contribution in [0.2, 0.25) is 5.02 Å². The second-order valence-corrected chi connectivity index (χ2v) is 9.10. The van der Waals surface area contributed by atoms with Crippen LogP contribution in [0.1, 0.15) is 11.1 Å². The number of anilines is 1. The van der Waals surface area contributed by atoms with Crippen LogP contribution in [0.4, 0.5) is 5.69 Å². The SMILES string of the molecule is COc1ccc(CNC(=O)CN(c2cccc(Cl)c2C)S(=O)(=O)c2ccccc2)cc1. The number of sulfonamides is 1. The van der Waals surface area contributed by atoms with Gasteiger partial charge in [0, 0.05) is 11.6 Å². The molecule has 3 aromatic carbocycles. The highest BCUT2D eigenvalue weighted by atomic mass is 35.5. The third-order valence-corrected chi connectivity index (χ3v) is 6.96. The molecule has 0 aliphatic carbocycles. The molecule has 3 rings (SSSR count). The van der Waals surface area contributed by atoms with Crippen molar-refractivity contribution in [1.29, 1.82) is 0 Å². The Kier molecular flexibility index (Phi) is 7.20. The number of ether oxygens (including phenoxy) is 1. The summed E-state index contributed by atoms with van der Waals surface area (Å²) in [5, 5.41) is 3.20. The number of carbonyl (C=O) groups is 1. The first-order valence-electron chi connectivity index (χ1n) is 9.55. The Hall–Kier alpha value is -3.03. The zero-order valence-electron chi connectivity index (χ0n) is 17.2. The number of amides is 1. The number of halogens is 1. The van der Waals surface area contributed by atoms with Crippen molar-refractivity contribution in [3.05, 3.63) is 88.9 Å². The molecule has 0 aliphatic heterocycles. The predicted octanol–water partition coefficient (Wildman–Crippen LogP) is 4.17. The minimum atomic E-state index is -3.98. The maximum Gasteiger partial charge on any atom is 0.264 e. The minimum absolute atomic E-state index is 0.0947. The molecule has 0 fully saturated rings. The molecule has 3 aromatic rings. The molecule has 6 nitrogen and oxygen atoms in total. The van der Waals surface area contributed by atoms with Crippen LogP contribution in [0.15, 0.2) is 77.7 Å². The first kappa shape index (κ1) is 22.7. The summed E-state index contributed by atoms with van der Waals surface area (Å²) in [5.41, 5.74) is 1.80. The fraction of sp³-hybridized carbons (Fsp3) is 0.174. The summed E-state index contributed by atoms with van der Waals surface area (Å²) in [5.74, 6) is 0.279. The van der Waals surface area contributed by atoms with E-state index in [1.54, 1.807) is 62.6 Å². The molecular weight excluding hydrogens is 436 g/mol. The molecular formula is C23H23ClN2O4S. The standard InChI is InChI=1S/C23H23ClN2O4S/c1-17-21(24)9-6-10-22(17)26(31(28,29)20-7-4-3-5-8-20)16-23(27)25-15-18-11-13-19(30-2)14-12-18/h3-14H,15-16H2,1-2H3,(H,25,27). The van der Waals surface area contributed by atoms with Gasteiger partial charge in [0.1, 0.15) is 12.3 Å². The van der Waals surface area contributed by atoms with Crippen LogP contribution >= 0.6 is 11.6 Å². The van der Waals surface area contributed by atoms with Crippen LogP contribution in [0.3, 0.4) is 0 Å². The van der Waals surface area contributed by atoms with E-state index < -0.39 is 15.9 Å². The first-order valence-corrected chi connectivity index (χ1v) is 11.4.